The fraction of sp³-hybridized carbons (Fsp3) is 0.688. The predicted molar refractivity (Wildman–Crippen MR) is 132 cm³/mol. The number of ether oxygens (including phenoxy) is 1. The number of aliphatic hydroxyl groups excluding tert-OH is 2. The zero-order chi connectivity index (χ0) is 29.0. The highest BCUT2D eigenvalue weighted by atomic mass is 31.3. The molecular weight excluding hydrogens is 591 g/mol. The topological polar surface area (TPSA) is 317 Å². The molecule has 2 aromatic rings. The van der Waals surface area contributed by atoms with E-state index in [0.29, 0.717) is 19.4 Å². The molecule has 0 saturated carbocycles. The second kappa shape index (κ2) is 12.9. The van der Waals surface area contributed by atoms with Gasteiger partial charge >= 0.3 is 23.4 Å². The first kappa shape index (κ1) is 31.9. The van der Waals surface area contributed by atoms with E-state index in [-0.39, 0.29) is 23.7 Å². The van der Waals surface area contributed by atoms with Crippen molar-refractivity contribution >= 4 is 40.5 Å². The van der Waals surface area contributed by atoms with Crippen molar-refractivity contribution in [2.45, 2.75) is 50.2 Å². The van der Waals surface area contributed by atoms with E-state index in [1.54, 1.807) is 0 Å². The van der Waals surface area contributed by atoms with Crippen molar-refractivity contribution in [3.05, 3.63) is 16.7 Å². The van der Waals surface area contributed by atoms with Gasteiger partial charge in [0.2, 0.25) is 5.95 Å². The molecule has 0 spiro atoms. The maximum absolute atomic E-state index is 12.2. The van der Waals surface area contributed by atoms with Crippen LogP contribution >= 0.6 is 23.4 Å². The lowest BCUT2D eigenvalue weighted by Crippen LogP contribution is -2.33. The van der Waals surface area contributed by atoms with E-state index in [1.807, 2.05) is 5.09 Å². The number of aromatic amines is 1. The Labute approximate surface area is 220 Å². The predicted octanol–water partition coefficient (Wildman–Crippen LogP) is -1.22. The molecule has 23 heteroatoms. The normalized spacial score (nSPS) is 26.3. The van der Waals surface area contributed by atoms with Crippen LogP contribution in [-0.4, -0.2) is 82.4 Å². The molecule has 7 unspecified atom stereocenters. The molecule has 3 heterocycles. The zero-order valence-electron chi connectivity index (χ0n) is 20.2. The van der Waals surface area contributed by atoms with Gasteiger partial charge in [-0.05, 0) is 19.4 Å². The number of imidazole rings is 1. The number of rotatable bonds is 15. The van der Waals surface area contributed by atoms with E-state index in [2.05, 4.69) is 28.1 Å². The van der Waals surface area contributed by atoms with Crippen molar-refractivity contribution < 1.29 is 56.5 Å². The Bertz CT molecular complexity index is 1340. The minimum absolute atomic E-state index is 0.0747. The van der Waals surface area contributed by atoms with Crippen LogP contribution < -0.4 is 22.1 Å². The largest absolute Gasteiger partial charge is 0.489 e. The Balaban J connectivity index is 1.57. The number of unbranched alkanes of at least 4 members (excludes halogenated alkanes) is 3. The van der Waals surface area contributed by atoms with Crippen LogP contribution in [0.2, 0.25) is 0 Å². The molecule has 0 aromatic carbocycles. The highest BCUT2D eigenvalue weighted by Crippen LogP contribution is 2.66. The molecule has 7 atom stereocenters. The number of phosphoric ester groups is 1. The summed E-state index contributed by atoms with van der Waals surface area (Å²) in [6, 6.07) is 0. The first-order valence-corrected chi connectivity index (χ1v) is 16.0. The van der Waals surface area contributed by atoms with Gasteiger partial charge in [-0.15, -0.1) is 0 Å². The summed E-state index contributed by atoms with van der Waals surface area (Å²) in [5, 5.41) is 22.7. The standard InChI is InChI=1S/C16H30N7O13P3/c17-5-3-1-2-4-6-20-37(27,28)35-39(31,32)36-38(29,30)33-7-9-11(24)12(25)15(34-9)23-8-19-10-13(23)21-16(18)22-14(10)26/h8-9,11-12,15,24-25H,1-7,17H2,(H,29,30)(H,31,32)(H2,20,27,28)(H3,18,21,22,26). The smallest absolute Gasteiger partial charge is 0.387 e. The van der Waals surface area contributed by atoms with Crippen LogP contribution in [0.4, 0.5) is 5.95 Å². The fourth-order valence-corrected chi connectivity index (χ4v) is 7.32. The number of hydrogen-bond donors (Lipinski definition) is 9. The van der Waals surface area contributed by atoms with E-state index in [4.69, 9.17) is 16.2 Å². The van der Waals surface area contributed by atoms with Gasteiger partial charge in [0.05, 0.1) is 12.9 Å². The molecular formula is C16H30N7O13P3. The summed E-state index contributed by atoms with van der Waals surface area (Å²) in [5.74, 6) is -0.263. The second-order valence-electron chi connectivity index (χ2n) is 8.35. The number of anilines is 1. The fourth-order valence-electron chi connectivity index (χ4n) is 3.57. The molecule has 20 nitrogen and oxygen atoms in total. The average Bonchev–Trinajstić information content (AvgIpc) is 3.34. The zero-order valence-corrected chi connectivity index (χ0v) is 22.9. The van der Waals surface area contributed by atoms with Crippen molar-refractivity contribution in [3.8, 4) is 0 Å². The highest BCUT2D eigenvalue weighted by molar-refractivity contribution is 7.67. The lowest BCUT2D eigenvalue weighted by atomic mass is 10.1. The number of hydrogen-bond acceptors (Lipinski definition) is 14. The summed E-state index contributed by atoms with van der Waals surface area (Å²) >= 11 is 0. The molecule has 1 fully saturated rings. The van der Waals surface area contributed by atoms with E-state index in [1.165, 1.54) is 0 Å². The summed E-state index contributed by atoms with van der Waals surface area (Å²) < 4.78 is 55.5. The van der Waals surface area contributed by atoms with Crippen molar-refractivity contribution in [2.24, 2.45) is 5.73 Å². The van der Waals surface area contributed by atoms with Gasteiger partial charge in [-0.3, -0.25) is 18.9 Å². The van der Waals surface area contributed by atoms with E-state index in [0.717, 1.165) is 23.7 Å². The van der Waals surface area contributed by atoms with E-state index >= 15 is 0 Å². The molecule has 2 aromatic heterocycles. The summed E-state index contributed by atoms with van der Waals surface area (Å²) in [6.07, 6.45) is -2.63. The van der Waals surface area contributed by atoms with Crippen molar-refractivity contribution in [3.63, 3.8) is 0 Å². The van der Waals surface area contributed by atoms with E-state index < -0.39 is 60.1 Å². The van der Waals surface area contributed by atoms with Gasteiger partial charge in [0.25, 0.3) is 5.56 Å². The summed E-state index contributed by atoms with van der Waals surface area (Å²) in [4.78, 5) is 51.2. The Morgan fingerprint density at radius 3 is 2.46 bits per heavy atom. The number of aromatic nitrogens is 4. The maximum Gasteiger partial charge on any atom is 0.489 e. The summed E-state index contributed by atoms with van der Waals surface area (Å²) in [7, 11) is -16.0. The lowest BCUT2D eigenvalue weighted by Gasteiger charge is -2.20. The molecule has 1 saturated heterocycles. The number of nitrogen functional groups attached to an aromatic ring is 1. The van der Waals surface area contributed by atoms with Gasteiger partial charge in [0.1, 0.15) is 18.3 Å². The monoisotopic (exact) mass is 621 g/mol. The molecule has 222 valence electrons. The number of H-pyrrole nitrogens is 1. The minimum atomic E-state index is -5.63. The Hall–Kier alpha value is -1.60. The van der Waals surface area contributed by atoms with E-state index in [9.17, 15) is 43.4 Å². The number of fused-ring (bicyclic) bond motifs is 1. The molecule has 0 radical (unpaired) electrons. The second-order valence-corrected chi connectivity index (χ2v) is 13.1. The van der Waals surface area contributed by atoms with Crippen LogP contribution in [0.25, 0.3) is 11.2 Å². The molecule has 0 amide bonds. The van der Waals surface area contributed by atoms with Crippen LogP contribution in [0.3, 0.4) is 0 Å². The molecule has 0 aliphatic carbocycles. The van der Waals surface area contributed by atoms with Gasteiger partial charge in [-0.2, -0.15) is 13.6 Å². The quantitative estimate of drug-likeness (QED) is 0.0831. The Morgan fingerprint density at radius 2 is 1.77 bits per heavy atom. The summed E-state index contributed by atoms with van der Waals surface area (Å²) in [6.45, 7) is -0.550. The van der Waals surface area contributed by atoms with Gasteiger partial charge in [0, 0.05) is 6.54 Å². The molecule has 3 rings (SSSR count). The third-order valence-electron chi connectivity index (χ3n) is 5.33. The van der Waals surface area contributed by atoms with Gasteiger partial charge in [-0.1, -0.05) is 12.8 Å². The minimum Gasteiger partial charge on any atom is -0.387 e. The average molecular weight is 621 g/mol. The molecule has 11 N–H and O–H groups in total. The number of nitrogens with zero attached hydrogens (tertiary/aromatic N) is 3. The number of aliphatic hydroxyl groups is 2. The van der Waals surface area contributed by atoms with Crippen LogP contribution in [-0.2, 0) is 31.6 Å². The highest BCUT2D eigenvalue weighted by Gasteiger charge is 2.47. The molecule has 1 aliphatic rings. The van der Waals surface area contributed by atoms with Gasteiger partial charge in [0.15, 0.2) is 17.4 Å². The maximum atomic E-state index is 12.2. The van der Waals surface area contributed by atoms with Gasteiger partial charge < -0.3 is 41.1 Å². The third-order valence-corrected chi connectivity index (χ3v) is 9.79. The third kappa shape index (κ3) is 8.69. The number of nitrogens with one attached hydrogen (secondary N) is 2. The first-order valence-electron chi connectivity index (χ1n) is 11.4. The first-order chi connectivity index (χ1) is 18.1. The van der Waals surface area contributed by atoms with Crippen LogP contribution in [0.15, 0.2) is 11.1 Å². The Morgan fingerprint density at radius 1 is 1.08 bits per heavy atom. The number of nitrogens with two attached hydrogens (primary N) is 2. The SMILES string of the molecule is NCCCCCCNP(=O)(O)OP(=O)(O)OP(=O)(O)OCC1OC(n2cnc3c(=O)[nH]c(N)nc32)C(O)C1O. The van der Waals surface area contributed by atoms with Gasteiger partial charge in [-0.25, -0.2) is 23.8 Å². The molecule has 0 bridgehead atoms. The van der Waals surface area contributed by atoms with Crippen molar-refractivity contribution in [2.75, 3.05) is 25.4 Å². The summed E-state index contributed by atoms with van der Waals surface area (Å²) in [5.41, 5.74) is 9.96. The van der Waals surface area contributed by atoms with Crippen molar-refractivity contribution in [1.29, 1.82) is 0 Å². The van der Waals surface area contributed by atoms with Crippen LogP contribution in [0, 0.1) is 0 Å². The van der Waals surface area contributed by atoms with Crippen LogP contribution in [0.5, 0.6) is 0 Å². The van der Waals surface area contributed by atoms with Crippen molar-refractivity contribution in [1.82, 2.24) is 24.6 Å². The number of phosphoric acid groups is 2. The lowest BCUT2D eigenvalue weighted by molar-refractivity contribution is -0.0503. The molecule has 39 heavy (non-hydrogen) atoms. The molecule has 1 aliphatic heterocycles. The Kier molecular flexibility index (Phi) is 10.6. The van der Waals surface area contributed by atoms with Crippen LogP contribution in [0.1, 0.15) is 31.9 Å².